The van der Waals surface area contributed by atoms with Gasteiger partial charge >= 0.3 is 24.0 Å². The second-order valence-corrected chi connectivity index (χ2v) is 25.4. The summed E-state index contributed by atoms with van der Waals surface area (Å²) in [5, 5.41) is 10.4. The van der Waals surface area contributed by atoms with E-state index >= 15 is 0 Å². The van der Waals surface area contributed by atoms with E-state index in [0.29, 0.717) is 10.8 Å². The zero-order chi connectivity index (χ0) is 45.3. The van der Waals surface area contributed by atoms with E-state index in [4.69, 9.17) is 35.4 Å². The van der Waals surface area contributed by atoms with Crippen LogP contribution in [0.4, 0.5) is 13.2 Å². The summed E-state index contributed by atoms with van der Waals surface area (Å²) < 4.78 is 55.0. The zero-order valence-corrected chi connectivity index (χ0v) is 37.9. The zero-order valence-electron chi connectivity index (χ0n) is 34.4. The maximum Gasteiger partial charge on any atom is 0.430 e. The van der Waals surface area contributed by atoms with Gasteiger partial charge in [-0.15, -0.1) is 0 Å². The molecular weight excluding hydrogens is 874 g/mol. The number of thioether (sulfide) groups is 1. The highest BCUT2D eigenvalue weighted by molar-refractivity contribution is 8.14. The van der Waals surface area contributed by atoms with Gasteiger partial charge < -0.3 is 28.5 Å². The van der Waals surface area contributed by atoms with Crippen molar-refractivity contribution in [2.24, 2.45) is 5.92 Å². The lowest BCUT2D eigenvalue weighted by atomic mass is 9.92. The van der Waals surface area contributed by atoms with E-state index in [9.17, 15) is 32.3 Å². The van der Waals surface area contributed by atoms with Gasteiger partial charge in [0.1, 0.15) is 33.0 Å². The summed E-state index contributed by atoms with van der Waals surface area (Å²) in [5.74, 6) is -7.27. The van der Waals surface area contributed by atoms with Gasteiger partial charge in [0.25, 0.3) is 5.18 Å². The van der Waals surface area contributed by atoms with Gasteiger partial charge in [-0.25, -0.2) is 9.59 Å². The number of esters is 2. The molecule has 0 spiro atoms. The molecule has 2 amide bonds. The van der Waals surface area contributed by atoms with Crippen LogP contribution in [0.15, 0.2) is 115 Å². The van der Waals surface area contributed by atoms with Crippen molar-refractivity contribution in [2.75, 3.05) is 13.7 Å². The first kappa shape index (κ1) is 48.9. The third kappa shape index (κ3) is 11.6. The third-order valence-electron chi connectivity index (χ3n) is 10.2. The Kier molecular flexibility index (Phi) is 16.4. The molecule has 4 aromatic carbocycles. The number of carboxylic acids is 1. The van der Waals surface area contributed by atoms with Crippen molar-refractivity contribution in [1.29, 1.82) is 0 Å². The van der Waals surface area contributed by atoms with Gasteiger partial charge in [0.05, 0.1) is 19.1 Å². The number of imide groups is 1. The number of nitrogens with zero attached hydrogens (tertiary/aromatic N) is 1. The van der Waals surface area contributed by atoms with E-state index < -0.39 is 80.7 Å². The summed E-state index contributed by atoms with van der Waals surface area (Å²) in [5.41, 5.74) is 0. The summed E-state index contributed by atoms with van der Waals surface area (Å²) in [6.45, 7) is 11.6. The maximum atomic E-state index is 14.2. The van der Waals surface area contributed by atoms with Gasteiger partial charge in [-0.1, -0.05) is 87.0 Å². The smallest absolute Gasteiger partial charge is 0.430 e. The molecule has 1 saturated heterocycles. The molecule has 4 atom stereocenters. The van der Waals surface area contributed by atoms with Crippen LogP contribution >= 0.6 is 30.6 Å². The summed E-state index contributed by atoms with van der Waals surface area (Å²) in [6.07, 6.45) is -5.82. The van der Waals surface area contributed by atoms with Crippen molar-refractivity contribution in [1.82, 2.24) is 4.90 Å². The number of ether oxygens (including phenoxy) is 3. The number of β-lactam (4-membered cyclic amide) rings is 1. The number of methoxy groups -OCH3 is 1. The largest absolute Gasteiger partial charge is 0.542 e. The fraction of sp³-hybridized carbons (Fsp3) is 0.326. The fourth-order valence-electron chi connectivity index (χ4n) is 6.09. The highest BCUT2D eigenvalue weighted by Crippen LogP contribution is 2.65. The van der Waals surface area contributed by atoms with Gasteiger partial charge in [0.2, 0.25) is 5.91 Å². The van der Waals surface area contributed by atoms with Gasteiger partial charge in [-0.05, 0) is 97.5 Å². The molecule has 0 aromatic heterocycles. The van der Waals surface area contributed by atoms with Crippen LogP contribution in [-0.2, 0) is 37.9 Å². The van der Waals surface area contributed by atoms with Crippen molar-refractivity contribution in [3.05, 3.63) is 120 Å². The Labute approximate surface area is 363 Å². The minimum atomic E-state index is -5.19. The quantitative estimate of drug-likeness (QED) is 0.0363. The van der Waals surface area contributed by atoms with Crippen LogP contribution in [0.3, 0.4) is 0 Å². The number of rotatable bonds is 13. The molecule has 1 unspecified atom stereocenters. The number of aliphatic carboxylic acids is 1. The number of benzene rings is 4. The predicted molar refractivity (Wildman–Crippen MR) is 230 cm³/mol. The SMILES string of the molecule is COC(=O)COC(=O)C(=O)N1C(=O)[C@H]([C@@H](C)O[Si](C)(C)C(C)(C)C)[C@H]1SC(Oc1ccc(Cl)cc1)[P+](c1ccccc1)(c1ccccc1)c1ccccc1.O=C([O-])C(F)(F)F. The lowest BCUT2D eigenvalue weighted by Crippen LogP contribution is -2.68. The van der Waals surface area contributed by atoms with Crippen LogP contribution in [-0.4, -0.2) is 79.5 Å². The van der Waals surface area contributed by atoms with Crippen molar-refractivity contribution < 1.29 is 60.9 Å². The number of halogens is 4. The van der Waals surface area contributed by atoms with Crippen molar-refractivity contribution in [2.45, 2.75) is 68.7 Å². The molecule has 0 radical (unpaired) electrons. The number of carboxylic acid groups (broad SMARTS) is 1. The summed E-state index contributed by atoms with van der Waals surface area (Å²) in [6, 6.07) is 37.3. The van der Waals surface area contributed by atoms with Gasteiger partial charge in [-0.3, -0.25) is 14.5 Å². The van der Waals surface area contributed by atoms with Crippen LogP contribution in [0, 0.1) is 5.92 Å². The van der Waals surface area contributed by atoms with E-state index in [-0.39, 0.29) is 5.04 Å². The van der Waals surface area contributed by atoms with Gasteiger partial charge in [0, 0.05) is 5.02 Å². The second-order valence-electron chi connectivity index (χ2n) is 15.2. The molecule has 0 N–H and O–H groups in total. The monoisotopic (exact) mass is 919 g/mol. The Morgan fingerprint density at radius 2 is 1.28 bits per heavy atom. The number of hydrogen-bond acceptors (Lipinski definition) is 11. The lowest BCUT2D eigenvalue weighted by Gasteiger charge is -2.50. The first-order valence-corrected chi connectivity index (χ1v) is 24.8. The van der Waals surface area contributed by atoms with Crippen molar-refractivity contribution in [3.63, 3.8) is 0 Å². The number of likely N-dealkylation sites (tertiary alicyclic amines) is 1. The summed E-state index contributed by atoms with van der Waals surface area (Å²) in [7, 11) is -4.16. The summed E-state index contributed by atoms with van der Waals surface area (Å²) >= 11 is 7.61. The van der Waals surface area contributed by atoms with Crippen LogP contribution in [0.25, 0.3) is 0 Å². The van der Waals surface area contributed by atoms with Crippen LogP contribution in [0.1, 0.15) is 27.7 Å². The van der Waals surface area contributed by atoms with Crippen LogP contribution in [0.5, 0.6) is 5.75 Å². The minimum absolute atomic E-state index is 0.168. The van der Waals surface area contributed by atoms with Gasteiger partial charge in [0.15, 0.2) is 22.2 Å². The van der Waals surface area contributed by atoms with E-state index in [0.717, 1.165) is 27.9 Å². The molecule has 5 rings (SSSR count). The Bertz CT molecular complexity index is 2050. The molecular formula is C43H46ClF3NO10PSSi. The number of carbonyl (C=O) groups excluding carboxylic acids is 5. The first-order chi connectivity index (χ1) is 28.6. The summed E-state index contributed by atoms with van der Waals surface area (Å²) in [4.78, 5) is 62.8. The topological polar surface area (TPSA) is 149 Å². The molecule has 4 aromatic rings. The average molecular weight is 920 g/mol. The molecule has 18 heteroatoms. The molecule has 0 aliphatic carbocycles. The van der Waals surface area contributed by atoms with E-state index in [1.807, 2.05) is 61.5 Å². The molecule has 0 saturated carbocycles. The Morgan fingerprint density at radius 1 is 0.836 bits per heavy atom. The highest BCUT2D eigenvalue weighted by Gasteiger charge is 2.62. The molecule has 11 nitrogen and oxygen atoms in total. The number of carbonyl (C=O) groups is 5. The maximum absolute atomic E-state index is 14.2. The van der Waals surface area contributed by atoms with Crippen molar-refractivity contribution in [3.8, 4) is 5.75 Å². The van der Waals surface area contributed by atoms with E-state index in [1.165, 1.54) is 11.8 Å². The Morgan fingerprint density at radius 3 is 1.67 bits per heavy atom. The standard InChI is InChI=1S/C41H46ClNO8PSSi.C2HF3O2/c1-28(51-54(6,7)41(2,3)4)35-36(45)43(37(46)39(47)49-27-34(44)48-5)38(35)53-40(50-30-25-23-29(42)24-26-30)52(31-17-11-8-12-18-31,32-19-13-9-14-20-32)33-21-15-10-16-22-33;3-2(4,5)1(6)7/h8-26,28,35,38,40H,27H2,1-7H3;(H,6,7)/q+1;/p-1/t28-,35+,38-,40?;/m1./s1. The molecule has 1 aliphatic rings. The third-order valence-corrected chi connectivity index (χ3v) is 21.5. The molecule has 326 valence electrons. The highest BCUT2D eigenvalue weighted by atomic mass is 35.5. The predicted octanol–water partition coefficient (Wildman–Crippen LogP) is 6.47. The second kappa shape index (κ2) is 20.4. The number of amides is 2. The molecule has 1 aliphatic heterocycles. The minimum Gasteiger partial charge on any atom is -0.542 e. The first-order valence-electron chi connectivity index (χ1n) is 18.8. The normalized spacial score (nSPS) is 16.5. The number of hydrogen-bond donors (Lipinski definition) is 0. The van der Waals surface area contributed by atoms with E-state index in [2.05, 4.69) is 75.0 Å². The average Bonchev–Trinajstić information content (AvgIpc) is 3.21. The Balaban J connectivity index is 0.00000107. The van der Waals surface area contributed by atoms with E-state index in [1.54, 1.807) is 24.3 Å². The van der Waals surface area contributed by atoms with Gasteiger partial charge in [-0.2, -0.15) is 13.2 Å². The van der Waals surface area contributed by atoms with Crippen molar-refractivity contribution >= 4 is 84.6 Å². The molecule has 61 heavy (non-hydrogen) atoms. The molecule has 0 bridgehead atoms. The number of alkyl halides is 3. The van der Waals surface area contributed by atoms with Crippen LogP contribution in [0.2, 0.25) is 23.2 Å². The Hall–Kier alpha value is -4.73. The molecule has 1 heterocycles. The van der Waals surface area contributed by atoms with Crippen LogP contribution < -0.4 is 25.8 Å². The lowest BCUT2D eigenvalue weighted by molar-refractivity contribution is -0.344. The fourth-order valence-corrected chi connectivity index (χ4v) is 14.9. The molecule has 1 fully saturated rings.